The lowest BCUT2D eigenvalue weighted by Gasteiger charge is -2.32. The number of hydrogen-bond acceptors (Lipinski definition) is 10. The molecule has 0 aliphatic heterocycles. The zero-order valence-corrected chi connectivity index (χ0v) is 30.2. The molecule has 1 aliphatic rings. The zero-order chi connectivity index (χ0) is 39.2. The molecule has 1 saturated carbocycles. The second-order valence-corrected chi connectivity index (χ2v) is 13.3. The van der Waals surface area contributed by atoms with Crippen molar-refractivity contribution in [1.29, 1.82) is 0 Å². The minimum atomic E-state index is -5.77. The van der Waals surface area contributed by atoms with Crippen molar-refractivity contribution >= 4 is 39.0 Å². The van der Waals surface area contributed by atoms with Gasteiger partial charge in [-0.3, -0.25) is 19.2 Å². The molecule has 1 aromatic heterocycles. The van der Waals surface area contributed by atoms with E-state index < -0.39 is 23.9 Å². The number of halogens is 6. The van der Waals surface area contributed by atoms with Crippen LogP contribution in [0, 0.1) is 0 Å². The molecule has 18 heteroatoms. The van der Waals surface area contributed by atoms with E-state index in [-0.39, 0.29) is 16.5 Å². The van der Waals surface area contributed by atoms with Crippen LogP contribution in [0.1, 0.15) is 56.1 Å². The molecule has 1 heterocycles. The second-order valence-electron chi connectivity index (χ2n) is 12.3. The molecule has 0 radical (unpaired) electrons. The molecule has 4 rings (SSSR count). The fourth-order valence-corrected chi connectivity index (χ4v) is 6.79. The predicted molar refractivity (Wildman–Crippen MR) is 187 cm³/mol. The van der Waals surface area contributed by atoms with Gasteiger partial charge in [-0.25, -0.2) is 0 Å². The molecular weight excluding hydrogens is 734 g/mol. The minimum Gasteiger partial charge on any atom is -0.506 e. The number of H-pyrrole nitrogens is 1. The summed E-state index contributed by atoms with van der Waals surface area (Å²) >= 11 is 1.13. The van der Waals surface area contributed by atoms with Crippen LogP contribution in [-0.4, -0.2) is 97.8 Å². The molecule has 1 aliphatic carbocycles. The number of benzene rings is 2. The Bertz CT molecular complexity index is 1700. The van der Waals surface area contributed by atoms with Crippen molar-refractivity contribution in [2.45, 2.75) is 76.2 Å². The zero-order valence-electron chi connectivity index (χ0n) is 29.4. The molecule has 0 atom stereocenters. The molecule has 0 bridgehead atoms. The van der Waals surface area contributed by atoms with E-state index in [1.807, 2.05) is 24.3 Å². The molecule has 2 aromatic carbocycles. The number of aromatic amines is 1. The Hall–Kier alpha value is -4.16. The lowest BCUT2D eigenvalue weighted by atomic mass is 10.1. The van der Waals surface area contributed by atoms with Crippen molar-refractivity contribution in [2.75, 3.05) is 46.9 Å². The third-order valence-electron chi connectivity index (χ3n) is 8.60. The Morgan fingerprint density at radius 1 is 0.849 bits per heavy atom. The van der Waals surface area contributed by atoms with Gasteiger partial charge < -0.3 is 35.1 Å². The summed E-state index contributed by atoms with van der Waals surface area (Å²) in [6.45, 7) is 3.58. The molecule has 0 saturated heterocycles. The van der Waals surface area contributed by atoms with Crippen LogP contribution < -0.4 is 25.0 Å². The maximum atomic E-state index is 13.4. The third-order valence-corrected chi connectivity index (χ3v) is 9.56. The lowest BCUT2D eigenvalue weighted by molar-refractivity contribution is -0.193. The van der Waals surface area contributed by atoms with Crippen LogP contribution in [0.4, 0.5) is 26.3 Å². The summed E-state index contributed by atoms with van der Waals surface area (Å²) < 4.78 is 78.5. The molecule has 0 unspecified atom stereocenters. The minimum absolute atomic E-state index is 0.100. The summed E-state index contributed by atoms with van der Waals surface area (Å²) in [4.78, 5) is 49.1. The van der Waals surface area contributed by atoms with Crippen molar-refractivity contribution in [1.82, 2.24) is 20.5 Å². The van der Waals surface area contributed by atoms with Crippen LogP contribution >= 0.6 is 11.3 Å². The van der Waals surface area contributed by atoms with Crippen molar-refractivity contribution in [2.24, 2.45) is 0 Å². The number of ketones is 2. The number of rotatable bonds is 16. The van der Waals surface area contributed by atoms with Crippen molar-refractivity contribution in [3.05, 3.63) is 51.1 Å². The highest BCUT2D eigenvalue weighted by molar-refractivity contribution is 7.16. The SMILES string of the molecule is COc1ccc(CCNCCC(=O)N(CCNCCc2ccc(O)c3[nH]c(=O)sc23)C2CCCCCC2)cc1OC.O=C(C(=O)C(F)(F)F)C(F)(F)F. The van der Waals surface area contributed by atoms with E-state index in [0.717, 1.165) is 84.0 Å². The number of nitrogens with one attached hydrogen (secondary N) is 3. The predicted octanol–water partition coefficient (Wildman–Crippen LogP) is 5.47. The summed E-state index contributed by atoms with van der Waals surface area (Å²) in [6.07, 6.45) is -2.44. The molecular formula is C35H44F6N4O7S. The Kier molecular flexibility index (Phi) is 16.6. The van der Waals surface area contributed by atoms with Gasteiger partial charge in [0.25, 0.3) is 0 Å². The quantitative estimate of drug-likeness (QED) is 0.0643. The fourth-order valence-electron chi connectivity index (χ4n) is 5.89. The van der Waals surface area contributed by atoms with E-state index in [4.69, 9.17) is 9.47 Å². The summed E-state index contributed by atoms with van der Waals surface area (Å²) in [5.41, 5.74) is 2.70. The summed E-state index contributed by atoms with van der Waals surface area (Å²) in [5.74, 6) is -5.05. The van der Waals surface area contributed by atoms with Gasteiger partial charge in [0.1, 0.15) is 11.3 Å². The second kappa shape index (κ2) is 20.3. The molecule has 1 amide bonds. The average molecular weight is 779 g/mol. The average Bonchev–Trinajstić information content (AvgIpc) is 3.32. The van der Waals surface area contributed by atoms with Crippen molar-refractivity contribution < 1.29 is 55.3 Å². The van der Waals surface area contributed by atoms with Crippen LogP contribution in [0.25, 0.3) is 10.2 Å². The van der Waals surface area contributed by atoms with E-state index in [9.17, 15) is 50.6 Å². The number of phenolic OH excluding ortho intramolecular Hbond substituents is 1. The Labute approximate surface area is 306 Å². The number of aromatic nitrogens is 1. The Morgan fingerprint density at radius 2 is 1.45 bits per heavy atom. The number of methoxy groups -OCH3 is 2. The molecule has 4 N–H and O–H groups in total. The van der Waals surface area contributed by atoms with Crippen LogP contribution in [0.15, 0.2) is 35.1 Å². The first-order chi connectivity index (χ1) is 25.1. The van der Waals surface area contributed by atoms with Gasteiger partial charge in [-0.05, 0) is 68.1 Å². The Balaban J connectivity index is 0.000000541. The number of fused-ring (bicyclic) bond motifs is 1. The molecule has 11 nitrogen and oxygen atoms in total. The van der Waals surface area contributed by atoms with E-state index in [1.165, 1.54) is 25.7 Å². The van der Waals surface area contributed by atoms with Gasteiger partial charge in [-0.15, -0.1) is 0 Å². The first kappa shape index (κ1) is 43.2. The normalized spacial score (nSPS) is 13.9. The van der Waals surface area contributed by atoms with Crippen LogP contribution in [0.2, 0.25) is 0 Å². The monoisotopic (exact) mass is 778 g/mol. The number of phenols is 1. The third kappa shape index (κ3) is 13.3. The lowest BCUT2D eigenvalue weighted by Crippen LogP contribution is -2.45. The maximum absolute atomic E-state index is 13.4. The van der Waals surface area contributed by atoms with E-state index >= 15 is 0 Å². The smallest absolute Gasteiger partial charge is 0.458 e. The Morgan fingerprint density at radius 3 is 2.06 bits per heavy atom. The van der Waals surface area contributed by atoms with Crippen molar-refractivity contribution in [3.63, 3.8) is 0 Å². The van der Waals surface area contributed by atoms with Gasteiger partial charge in [0.2, 0.25) is 5.91 Å². The molecule has 1 fully saturated rings. The van der Waals surface area contributed by atoms with Gasteiger partial charge in [0.05, 0.1) is 18.9 Å². The number of ether oxygens (including phenoxy) is 2. The van der Waals surface area contributed by atoms with Gasteiger partial charge in [0, 0.05) is 32.1 Å². The van der Waals surface area contributed by atoms with Gasteiger partial charge in [-0.1, -0.05) is 49.2 Å². The van der Waals surface area contributed by atoms with Crippen molar-refractivity contribution in [3.8, 4) is 17.2 Å². The van der Waals surface area contributed by atoms with Gasteiger partial charge in [0.15, 0.2) is 11.5 Å². The number of aromatic hydroxyl groups is 1. The summed E-state index contributed by atoms with van der Waals surface area (Å²) in [7, 11) is 3.27. The number of carbonyl (C=O) groups excluding carboxylic acids is 3. The summed E-state index contributed by atoms with van der Waals surface area (Å²) in [5, 5.41) is 17.0. The van der Waals surface area contributed by atoms with Gasteiger partial charge >= 0.3 is 28.8 Å². The van der Waals surface area contributed by atoms with Crippen LogP contribution in [0.5, 0.6) is 17.2 Å². The number of thiazole rings is 1. The van der Waals surface area contributed by atoms with E-state index in [0.29, 0.717) is 31.1 Å². The van der Waals surface area contributed by atoms with Gasteiger partial charge in [-0.2, -0.15) is 26.3 Å². The first-order valence-corrected chi connectivity index (χ1v) is 17.9. The standard InChI is InChI=1S/C31H44N4O5S.C4F6O2/c1-39-26-12-9-22(21-27(26)40-2)13-16-32-18-15-28(37)35(24-7-5-3-4-6-8-24)20-19-33-17-14-23-10-11-25(36)29-30(23)41-31(38)34-29;5-3(6,7)1(11)2(12)4(8,9)10/h9-12,21,24,32-33,36H,3-8,13-20H2,1-2H3,(H,34,38);. The topological polar surface area (TPSA) is 150 Å². The number of Topliss-reactive ketones (excluding diaryl/α,β-unsaturated/α-hetero) is 2. The largest absolute Gasteiger partial charge is 0.506 e. The van der Waals surface area contributed by atoms with E-state index in [2.05, 4.69) is 20.5 Å². The molecule has 294 valence electrons. The number of hydrogen-bond donors (Lipinski definition) is 4. The number of amides is 1. The summed E-state index contributed by atoms with van der Waals surface area (Å²) in [6, 6.07) is 9.78. The highest BCUT2D eigenvalue weighted by atomic mass is 32.1. The molecule has 0 spiro atoms. The molecule has 3 aromatic rings. The van der Waals surface area contributed by atoms with Crippen LogP contribution in [0.3, 0.4) is 0 Å². The number of nitrogens with zero attached hydrogens (tertiary/aromatic N) is 1. The highest BCUT2D eigenvalue weighted by Gasteiger charge is 2.54. The fraction of sp³-hybridized carbons (Fsp3) is 0.543. The van der Waals surface area contributed by atoms with E-state index in [1.54, 1.807) is 20.3 Å². The number of carbonyl (C=O) groups is 3. The molecule has 53 heavy (non-hydrogen) atoms. The first-order valence-electron chi connectivity index (χ1n) is 17.0. The number of alkyl halides is 6. The maximum Gasteiger partial charge on any atom is 0.458 e. The van der Waals surface area contributed by atoms with Crippen LogP contribution in [-0.2, 0) is 27.2 Å². The highest BCUT2D eigenvalue weighted by Crippen LogP contribution is 2.29.